The van der Waals surface area contributed by atoms with E-state index >= 15 is 0 Å². The molecule has 90 valence electrons. The Kier molecular flexibility index (Phi) is 5.11. The molecule has 2 unspecified atom stereocenters. The minimum absolute atomic E-state index is 0.600. The molecule has 0 radical (unpaired) electrons. The normalized spacial score (nSPS) is 30.4. The standard InChI is InChI=1S/C14H29N/c1-5-6-7-12-10-14(2,3)9-8-13(12)11-15-4/h12-13,15H,5-11H2,1-4H3. The zero-order valence-electron chi connectivity index (χ0n) is 11.1. The Hall–Kier alpha value is -0.0400. The predicted molar refractivity (Wildman–Crippen MR) is 68.1 cm³/mol. The minimum Gasteiger partial charge on any atom is -0.319 e. The maximum Gasteiger partial charge on any atom is -0.00209 e. The van der Waals surface area contributed by atoms with Crippen LogP contribution in [0.15, 0.2) is 0 Å². The zero-order valence-corrected chi connectivity index (χ0v) is 11.1. The molecule has 0 spiro atoms. The van der Waals surface area contributed by atoms with Crippen molar-refractivity contribution >= 4 is 0 Å². The smallest absolute Gasteiger partial charge is 0.00209 e. The van der Waals surface area contributed by atoms with Gasteiger partial charge >= 0.3 is 0 Å². The molecule has 0 aromatic rings. The molecule has 0 aliphatic heterocycles. The summed E-state index contributed by atoms with van der Waals surface area (Å²) in [5.41, 5.74) is 0.600. The molecule has 1 saturated carbocycles. The van der Waals surface area contributed by atoms with Crippen LogP contribution in [0.2, 0.25) is 0 Å². The lowest BCUT2D eigenvalue weighted by atomic mass is 9.66. The van der Waals surface area contributed by atoms with Crippen LogP contribution in [-0.2, 0) is 0 Å². The highest BCUT2D eigenvalue weighted by atomic mass is 14.8. The fraction of sp³-hybridized carbons (Fsp3) is 1.00. The second-order valence-electron chi connectivity index (χ2n) is 6.13. The van der Waals surface area contributed by atoms with E-state index in [2.05, 4.69) is 33.1 Å². The Bertz CT molecular complexity index is 174. The van der Waals surface area contributed by atoms with E-state index in [-0.39, 0.29) is 0 Å². The van der Waals surface area contributed by atoms with Crippen LogP contribution in [0.4, 0.5) is 0 Å². The van der Waals surface area contributed by atoms with Crippen molar-refractivity contribution in [3.8, 4) is 0 Å². The minimum atomic E-state index is 0.600. The van der Waals surface area contributed by atoms with Gasteiger partial charge in [0.05, 0.1) is 0 Å². The Morgan fingerprint density at radius 1 is 1.27 bits per heavy atom. The van der Waals surface area contributed by atoms with E-state index in [1.807, 2.05) is 0 Å². The second-order valence-corrected chi connectivity index (χ2v) is 6.13. The summed E-state index contributed by atoms with van der Waals surface area (Å²) in [4.78, 5) is 0. The zero-order chi connectivity index (χ0) is 11.3. The van der Waals surface area contributed by atoms with Crippen molar-refractivity contribution in [3.05, 3.63) is 0 Å². The van der Waals surface area contributed by atoms with Crippen LogP contribution in [0.1, 0.15) is 59.3 Å². The first kappa shape index (κ1) is 13.0. The molecular weight excluding hydrogens is 182 g/mol. The number of rotatable bonds is 5. The van der Waals surface area contributed by atoms with Crippen molar-refractivity contribution < 1.29 is 0 Å². The van der Waals surface area contributed by atoms with Crippen molar-refractivity contribution in [2.75, 3.05) is 13.6 Å². The van der Waals surface area contributed by atoms with Crippen molar-refractivity contribution in [1.29, 1.82) is 0 Å². The highest BCUT2D eigenvalue weighted by Crippen LogP contribution is 2.43. The van der Waals surface area contributed by atoms with Crippen molar-refractivity contribution in [1.82, 2.24) is 5.32 Å². The molecule has 0 saturated heterocycles. The van der Waals surface area contributed by atoms with Crippen LogP contribution in [-0.4, -0.2) is 13.6 Å². The summed E-state index contributed by atoms with van der Waals surface area (Å²) in [5, 5.41) is 3.37. The molecule has 1 heteroatoms. The van der Waals surface area contributed by atoms with Crippen molar-refractivity contribution in [2.45, 2.75) is 59.3 Å². The third-order valence-corrected chi connectivity index (χ3v) is 4.07. The van der Waals surface area contributed by atoms with Gasteiger partial charge in [0.1, 0.15) is 0 Å². The van der Waals surface area contributed by atoms with Gasteiger partial charge in [0, 0.05) is 0 Å². The number of hydrogen-bond acceptors (Lipinski definition) is 1. The van der Waals surface area contributed by atoms with Crippen molar-refractivity contribution in [3.63, 3.8) is 0 Å². The molecule has 0 amide bonds. The fourth-order valence-corrected chi connectivity index (χ4v) is 3.13. The van der Waals surface area contributed by atoms with Gasteiger partial charge in [0.15, 0.2) is 0 Å². The van der Waals surface area contributed by atoms with Crippen LogP contribution in [0.25, 0.3) is 0 Å². The van der Waals surface area contributed by atoms with Crippen LogP contribution in [0.5, 0.6) is 0 Å². The largest absolute Gasteiger partial charge is 0.319 e. The Labute approximate surface area is 96.0 Å². The molecule has 1 rings (SSSR count). The summed E-state index contributed by atoms with van der Waals surface area (Å²) in [6, 6.07) is 0. The first-order valence-corrected chi connectivity index (χ1v) is 6.73. The number of nitrogens with one attached hydrogen (secondary N) is 1. The maximum absolute atomic E-state index is 3.37. The average molecular weight is 211 g/mol. The third-order valence-electron chi connectivity index (χ3n) is 4.07. The first-order chi connectivity index (χ1) is 7.09. The van der Waals surface area contributed by atoms with Gasteiger partial charge in [-0.3, -0.25) is 0 Å². The monoisotopic (exact) mass is 211 g/mol. The predicted octanol–water partition coefficient (Wildman–Crippen LogP) is 3.84. The SMILES string of the molecule is CCCCC1CC(C)(C)CCC1CNC. The lowest BCUT2D eigenvalue weighted by Gasteiger charge is -2.41. The Balaban J connectivity index is 2.48. The van der Waals surface area contributed by atoms with Gasteiger partial charge in [0.2, 0.25) is 0 Å². The van der Waals surface area contributed by atoms with E-state index in [0.717, 1.165) is 11.8 Å². The van der Waals surface area contributed by atoms with Gasteiger partial charge < -0.3 is 5.32 Å². The molecule has 1 aliphatic rings. The van der Waals surface area contributed by atoms with E-state index in [1.165, 1.54) is 45.1 Å². The van der Waals surface area contributed by atoms with E-state index in [4.69, 9.17) is 0 Å². The average Bonchev–Trinajstić information content (AvgIpc) is 2.18. The molecule has 2 atom stereocenters. The van der Waals surface area contributed by atoms with Gasteiger partial charge in [-0.2, -0.15) is 0 Å². The molecule has 0 aromatic heterocycles. The highest BCUT2D eigenvalue weighted by molar-refractivity contribution is 4.85. The van der Waals surface area contributed by atoms with E-state index in [0.29, 0.717) is 5.41 Å². The molecule has 15 heavy (non-hydrogen) atoms. The molecule has 1 aliphatic carbocycles. The van der Waals surface area contributed by atoms with Crippen LogP contribution >= 0.6 is 0 Å². The Morgan fingerprint density at radius 3 is 2.60 bits per heavy atom. The molecule has 0 aromatic carbocycles. The lowest BCUT2D eigenvalue weighted by molar-refractivity contribution is 0.109. The molecule has 1 nitrogen and oxygen atoms in total. The van der Waals surface area contributed by atoms with E-state index in [1.54, 1.807) is 0 Å². The number of unbranched alkanes of at least 4 members (excludes halogenated alkanes) is 1. The van der Waals surface area contributed by atoms with Gasteiger partial charge in [-0.25, -0.2) is 0 Å². The van der Waals surface area contributed by atoms with E-state index < -0.39 is 0 Å². The maximum atomic E-state index is 3.37. The van der Waals surface area contributed by atoms with Crippen LogP contribution < -0.4 is 5.32 Å². The molecule has 0 bridgehead atoms. The summed E-state index contributed by atoms with van der Waals surface area (Å²) < 4.78 is 0. The molecule has 1 fully saturated rings. The topological polar surface area (TPSA) is 12.0 Å². The van der Waals surface area contributed by atoms with Crippen molar-refractivity contribution in [2.24, 2.45) is 17.3 Å². The van der Waals surface area contributed by atoms with Crippen LogP contribution in [0.3, 0.4) is 0 Å². The highest BCUT2D eigenvalue weighted by Gasteiger charge is 2.33. The van der Waals surface area contributed by atoms with Gasteiger partial charge in [0.25, 0.3) is 0 Å². The van der Waals surface area contributed by atoms with E-state index in [9.17, 15) is 0 Å². The van der Waals surface area contributed by atoms with Gasteiger partial charge in [-0.05, 0) is 50.1 Å². The molecule has 1 N–H and O–H groups in total. The second kappa shape index (κ2) is 5.89. The molecule has 0 heterocycles. The third kappa shape index (κ3) is 4.14. The first-order valence-electron chi connectivity index (χ1n) is 6.73. The van der Waals surface area contributed by atoms with Gasteiger partial charge in [-0.1, -0.05) is 40.0 Å². The lowest BCUT2D eigenvalue weighted by Crippen LogP contribution is -2.35. The summed E-state index contributed by atoms with van der Waals surface area (Å²) in [6.07, 6.45) is 8.51. The quantitative estimate of drug-likeness (QED) is 0.728. The van der Waals surface area contributed by atoms with Gasteiger partial charge in [-0.15, -0.1) is 0 Å². The molecular formula is C14H29N. The summed E-state index contributed by atoms with van der Waals surface area (Å²) >= 11 is 0. The fourth-order valence-electron chi connectivity index (χ4n) is 3.13. The summed E-state index contributed by atoms with van der Waals surface area (Å²) in [6.45, 7) is 8.43. The van der Waals surface area contributed by atoms with Crippen LogP contribution in [0, 0.1) is 17.3 Å². The Morgan fingerprint density at radius 2 is 2.00 bits per heavy atom. The summed E-state index contributed by atoms with van der Waals surface area (Å²) in [7, 11) is 2.09. The number of hydrogen-bond donors (Lipinski definition) is 1. The summed E-state index contributed by atoms with van der Waals surface area (Å²) in [5.74, 6) is 1.91.